The van der Waals surface area contributed by atoms with E-state index in [2.05, 4.69) is 9.93 Å². The van der Waals surface area contributed by atoms with E-state index in [1.807, 2.05) is 13.0 Å². The SMILES string of the molecule is Cc1ccc(C)c(S(=O)(=O)NN=Cc2ccc(Cl)c(Cl)c2)c1. The van der Waals surface area contributed by atoms with Crippen LogP contribution >= 0.6 is 23.2 Å². The van der Waals surface area contributed by atoms with Gasteiger partial charge in [0.05, 0.1) is 21.2 Å². The summed E-state index contributed by atoms with van der Waals surface area (Å²) in [6.45, 7) is 3.56. The van der Waals surface area contributed by atoms with Crippen molar-refractivity contribution < 1.29 is 8.42 Å². The molecule has 0 atom stereocenters. The van der Waals surface area contributed by atoms with Crippen LogP contribution in [0.3, 0.4) is 0 Å². The number of sulfonamides is 1. The second-order valence-electron chi connectivity index (χ2n) is 4.80. The van der Waals surface area contributed by atoms with Gasteiger partial charge in [-0.15, -0.1) is 0 Å². The largest absolute Gasteiger partial charge is 0.276 e. The average molecular weight is 357 g/mol. The van der Waals surface area contributed by atoms with Crippen LogP contribution in [0.1, 0.15) is 16.7 Å². The zero-order chi connectivity index (χ0) is 16.3. The first kappa shape index (κ1) is 16.8. The first-order valence-corrected chi connectivity index (χ1v) is 8.61. The molecule has 0 heterocycles. The number of hydrogen-bond donors (Lipinski definition) is 1. The molecule has 0 saturated carbocycles. The van der Waals surface area contributed by atoms with Gasteiger partial charge in [0, 0.05) is 0 Å². The topological polar surface area (TPSA) is 58.5 Å². The molecular weight excluding hydrogens is 343 g/mol. The quantitative estimate of drug-likeness (QED) is 0.666. The molecule has 0 unspecified atom stereocenters. The lowest BCUT2D eigenvalue weighted by Gasteiger charge is -2.07. The molecule has 2 aromatic rings. The van der Waals surface area contributed by atoms with Gasteiger partial charge in [-0.3, -0.25) is 0 Å². The molecule has 0 aliphatic carbocycles. The maximum atomic E-state index is 12.2. The van der Waals surface area contributed by atoms with E-state index in [9.17, 15) is 8.42 Å². The maximum Gasteiger partial charge on any atom is 0.276 e. The van der Waals surface area contributed by atoms with Crippen LogP contribution in [-0.2, 0) is 10.0 Å². The van der Waals surface area contributed by atoms with E-state index >= 15 is 0 Å². The zero-order valence-corrected chi connectivity index (χ0v) is 14.3. The highest BCUT2D eigenvalue weighted by Gasteiger charge is 2.15. The van der Waals surface area contributed by atoms with Crippen molar-refractivity contribution in [3.63, 3.8) is 0 Å². The molecule has 0 aliphatic rings. The number of hydrogen-bond acceptors (Lipinski definition) is 3. The average Bonchev–Trinajstić information content (AvgIpc) is 2.45. The molecule has 1 N–H and O–H groups in total. The number of hydrazone groups is 1. The first-order valence-electron chi connectivity index (χ1n) is 6.37. The number of halogens is 2. The van der Waals surface area contributed by atoms with E-state index < -0.39 is 10.0 Å². The summed E-state index contributed by atoms with van der Waals surface area (Å²) in [6, 6.07) is 10.1. The standard InChI is InChI=1S/C15H14Cl2N2O2S/c1-10-3-4-11(2)15(7-10)22(20,21)19-18-9-12-5-6-13(16)14(17)8-12/h3-9,19H,1-2H3. The summed E-state index contributed by atoms with van der Waals surface area (Å²) in [5.74, 6) is 0. The number of nitrogens with zero attached hydrogens (tertiary/aromatic N) is 1. The summed E-state index contributed by atoms with van der Waals surface area (Å²) < 4.78 is 24.5. The van der Waals surface area contributed by atoms with Crippen molar-refractivity contribution in [2.24, 2.45) is 5.10 Å². The summed E-state index contributed by atoms with van der Waals surface area (Å²) in [7, 11) is -3.71. The highest BCUT2D eigenvalue weighted by molar-refractivity contribution is 7.89. The summed E-state index contributed by atoms with van der Waals surface area (Å²) in [5, 5.41) is 4.57. The molecule has 0 aromatic heterocycles. The van der Waals surface area contributed by atoms with Crippen molar-refractivity contribution in [2.45, 2.75) is 18.7 Å². The van der Waals surface area contributed by atoms with E-state index in [0.29, 0.717) is 21.2 Å². The van der Waals surface area contributed by atoms with E-state index in [1.165, 1.54) is 6.21 Å². The van der Waals surface area contributed by atoms with Crippen molar-refractivity contribution in [3.05, 3.63) is 63.1 Å². The van der Waals surface area contributed by atoms with Gasteiger partial charge < -0.3 is 0 Å². The first-order chi connectivity index (χ1) is 10.3. The molecule has 0 fully saturated rings. The minimum Gasteiger partial charge on any atom is -0.200 e. The Morgan fingerprint density at radius 3 is 2.45 bits per heavy atom. The maximum absolute atomic E-state index is 12.2. The van der Waals surface area contributed by atoms with E-state index in [4.69, 9.17) is 23.2 Å². The Balaban J connectivity index is 2.20. The number of nitrogens with one attached hydrogen (secondary N) is 1. The fourth-order valence-electron chi connectivity index (χ4n) is 1.81. The molecule has 7 heteroatoms. The molecule has 2 aromatic carbocycles. The third-order valence-corrected chi connectivity index (χ3v) is 5.07. The van der Waals surface area contributed by atoms with Crippen LogP contribution in [0.25, 0.3) is 0 Å². The molecule has 0 radical (unpaired) electrons. The molecular formula is C15H14Cl2N2O2S. The fraction of sp³-hybridized carbons (Fsp3) is 0.133. The Labute approximate surface area is 139 Å². The number of aryl methyl sites for hydroxylation is 2. The smallest absolute Gasteiger partial charge is 0.200 e. The van der Waals surface area contributed by atoms with E-state index in [1.54, 1.807) is 37.3 Å². The lowest BCUT2D eigenvalue weighted by Crippen LogP contribution is -2.19. The van der Waals surface area contributed by atoms with Gasteiger partial charge in [-0.2, -0.15) is 13.5 Å². The van der Waals surface area contributed by atoms with Crippen LogP contribution in [0.15, 0.2) is 46.4 Å². The van der Waals surface area contributed by atoms with E-state index in [-0.39, 0.29) is 4.90 Å². The molecule has 0 aliphatic heterocycles. The molecule has 2 rings (SSSR count). The van der Waals surface area contributed by atoms with Gasteiger partial charge >= 0.3 is 0 Å². The minimum absolute atomic E-state index is 0.207. The Bertz CT molecular complexity index is 833. The van der Waals surface area contributed by atoms with Gasteiger partial charge in [0.25, 0.3) is 10.0 Å². The van der Waals surface area contributed by atoms with Gasteiger partial charge in [-0.1, -0.05) is 41.4 Å². The van der Waals surface area contributed by atoms with Crippen molar-refractivity contribution in [3.8, 4) is 0 Å². The molecule has 0 bridgehead atoms. The fourth-order valence-corrected chi connectivity index (χ4v) is 3.24. The summed E-state index contributed by atoms with van der Waals surface area (Å²) in [5.41, 5.74) is 2.15. The van der Waals surface area contributed by atoms with Crippen LogP contribution in [0.2, 0.25) is 10.0 Å². The van der Waals surface area contributed by atoms with Crippen molar-refractivity contribution in [2.75, 3.05) is 0 Å². The number of rotatable bonds is 4. The molecule has 4 nitrogen and oxygen atoms in total. The molecule has 0 saturated heterocycles. The Hall–Kier alpha value is -1.56. The zero-order valence-electron chi connectivity index (χ0n) is 12.0. The molecule has 22 heavy (non-hydrogen) atoms. The van der Waals surface area contributed by atoms with Crippen molar-refractivity contribution in [1.29, 1.82) is 0 Å². The van der Waals surface area contributed by atoms with Crippen LogP contribution in [0, 0.1) is 13.8 Å². The molecule has 0 amide bonds. The predicted molar refractivity (Wildman–Crippen MR) is 90.3 cm³/mol. The lowest BCUT2D eigenvalue weighted by molar-refractivity contribution is 0.584. The van der Waals surface area contributed by atoms with Crippen LogP contribution < -0.4 is 4.83 Å². The summed E-state index contributed by atoms with van der Waals surface area (Å²) in [6.07, 6.45) is 1.37. The van der Waals surface area contributed by atoms with Gasteiger partial charge in [-0.25, -0.2) is 4.83 Å². The van der Waals surface area contributed by atoms with Gasteiger partial charge in [-0.05, 0) is 48.7 Å². The minimum atomic E-state index is -3.71. The van der Waals surface area contributed by atoms with Gasteiger partial charge in [0.15, 0.2) is 0 Å². The second kappa shape index (κ2) is 6.69. The van der Waals surface area contributed by atoms with Gasteiger partial charge in [0.1, 0.15) is 0 Å². The normalized spacial score (nSPS) is 11.8. The molecule has 0 spiro atoms. The van der Waals surface area contributed by atoms with Crippen molar-refractivity contribution >= 4 is 39.4 Å². The third-order valence-electron chi connectivity index (χ3n) is 2.96. The summed E-state index contributed by atoms with van der Waals surface area (Å²) >= 11 is 11.7. The Morgan fingerprint density at radius 2 is 1.77 bits per heavy atom. The highest BCUT2D eigenvalue weighted by atomic mass is 35.5. The summed E-state index contributed by atoms with van der Waals surface area (Å²) in [4.78, 5) is 2.40. The monoisotopic (exact) mass is 356 g/mol. The third kappa shape index (κ3) is 4.00. The van der Waals surface area contributed by atoms with Crippen LogP contribution in [0.5, 0.6) is 0 Å². The molecule has 116 valence electrons. The van der Waals surface area contributed by atoms with Gasteiger partial charge in [0.2, 0.25) is 0 Å². The Morgan fingerprint density at radius 1 is 1.05 bits per heavy atom. The Kier molecular flexibility index (Phi) is 5.11. The van der Waals surface area contributed by atoms with Crippen LogP contribution in [0.4, 0.5) is 0 Å². The van der Waals surface area contributed by atoms with E-state index in [0.717, 1.165) is 5.56 Å². The predicted octanol–water partition coefficient (Wildman–Crippen LogP) is 3.92. The second-order valence-corrected chi connectivity index (χ2v) is 7.24. The van der Waals surface area contributed by atoms with Crippen LogP contribution in [-0.4, -0.2) is 14.6 Å². The lowest BCUT2D eigenvalue weighted by atomic mass is 10.2. The van der Waals surface area contributed by atoms with Crippen molar-refractivity contribution in [1.82, 2.24) is 4.83 Å². The number of benzene rings is 2. The highest BCUT2D eigenvalue weighted by Crippen LogP contribution is 2.22.